The van der Waals surface area contributed by atoms with E-state index in [0.29, 0.717) is 27.4 Å². The minimum absolute atomic E-state index is 0.0683. The Morgan fingerprint density at radius 2 is 2.19 bits per heavy atom. The lowest BCUT2D eigenvalue weighted by molar-refractivity contribution is -0.112. The van der Waals surface area contributed by atoms with Crippen LogP contribution in [0.3, 0.4) is 0 Å². The Morgan fingerprint density at radius 1 is 1.35 bits per heavy atom. The van der Waals surface area contributed by atoms with Crippen molar-refractivity contribution in [2.24, 2.45) is 0 Å². The van der Waals surface area contributed by atoms with E-state index >= 15 is 0 Å². The summed E-state index contributed by atoms with van der Waals surface area (Å²) in [7, 11) is 0. The van der Waals surface area contributed by atoms with E-state index < -0.39 is 5.91 Å². The molecule has 3 rings (SSSR count). The highest BCUT2D eigenvalue weighted by molar-refractivity contribution is 7.15. The van der Waals surface area contributed by atoms with Crippen LogP contribution in [0.15, 0.2) is 52.8 Å². The number of furan rings is 1. The van der Waals surface area contributed by atoms with E-state index in [0.717, 1.165) is 10.4 Å². The van der Waals surface area contributed by atoms with Crippen LogP contribution in [0.1, 0.15) is 16.2 Å². The number of hydrogen-bond acceptors (Lipinski definition) is 5. The molecule has 0 saturated heterocycles. The van der Waals surface area contributed by atoms with E-state index in [1.807, 2.05) is 12.1 Å². The molecule has 1 aromatic carbocycles. The summed E-state index contributed by atoms with van der Waals surface area (Å²) in [4.78, 5) is 17.3. The molecule has 1 amide bonds. The van der Waals surface area contributed by atoms with Gasteiger partial charge in [-0.05, 0) is 29.8 Å². The van der Waals surface area contributed by atoms with Crippen molar-refractivity contribution < 1.29 is 9.21 Å². The zero-order valence-corrected chi connectivity index (χ0v) is 15.5. The number of nitrogens with zero attached hydrogens (tertiary/aromatic N) is 2. The third-order valence-corrected chi connectivity index (χ3v) is 4.98. The van der Waals surface area contributed by atoms with Crippen molar-refractivity contribution in [2.75, 3.05) is 5.32 Å². The van der Waals surface area contributed by atoms with Crippen molar-refractivity contribution in [2.45, 2.75) is 6.42 Å². The Bertz CT molecular complexity index is 1000. The monoisotopic (exact) mass is 403 g/mol. The van der Waals surface area contributed by atoms with E-state index in [4.69, 9.17) is 32.9 Å². The lowest BCUT2D eigenvalue weighted by Gasteiger charge is -2.01. The first kappa shape index (κ1) is 18.2. The third kappa shape index (κ3) is 4.52. The van der Waals surface area contributed by atoms with Crippen LogP contribution in [0.2, 0.25) is 10.0 Å². The molecule has 0 aliphatic heterocycles. The summed E-state index contributed by atoms with van der Waals surface area (Å²) in [6.07, 6.45) is 5.12. The molecule has 0 saturated carbocycles. The van der Waals surface area contributed by atoms with Gasteiger partial charge in [-0.3, -0.25) is 10.1 Å². The van der Waals surface area contributed by atoms with Crippen molar-refractivity contribution in [3.05, 3.63) is 74.6 Å². The Labute approximate surface area is 163 Å². The fourth-order valence-electron chi connectivity index (χ4n) is 2.13. The quantitative estimate of drug-likeness (QED) is 0.470. The van der Waals surface area contributed by atoms with Crippen LogP contribution in [0.25, 0.3) is 6.08 Å². The van der Waals surface area contributed by atoms with Gasteiger partial charge in [0.05, 0.1) is 16.3 Å². The molecule has 0 unspecified atom stereocenters. The lowest BCUT2D eigenvalue weighted by Crippen LogP contribution is -2.13. The van der Waals surface area contributed by atoms with Gasteiger partial charge in [-0.15, -0.1) is 11.3 Å². The Hall–Kier alpha value is -2.59. The maximum absolute atomic E-state index is 12.2. The summed E-state index contributed by atoms with van der Waals surface area (Å²) in [5.41, 5.74) is 0.914. The molecule has 0 fully saturated rings. The van der Waals surface area contributed by atoms with Gasteiger partial charge in [0.2, 0.25) is 0 Å². The standard InChI is InChI=1S/C18H11Cl2N3O2S/c19-15-4-3-11(7-16(15)20)6-14-10-22-18(26-14)23-17(24)12(9-21)8-13-2-1-5-25-13/h1-5,7-8,10H,6H2,(H,22,23,24)/b12-8+. The van der Waals surface area contributed by atoms with Crippen molar-refractivity contribution in [3.8, 4) is 6.07 Å². The molecule has 2 heterocycles. The maximum Gasteiger partial charge on any atom is 0.268 e. The van der Waals surface area contributed by atoms with Gasteiger partial charge < -0.3 is 4.42 Å². The molecule has 1 N–H and O–H groups in total. The fourth-order valence-corrected chi connectivity index (χ4v) is 3.29. The molecule has 3 aromatic rings. The van der Waals surface area contributed by atoms with Crippen LogP contribution in [-0.2, 0) is 11.2 Å². The van der Waals surface area contributed by atoms with Crippen LogP contribution < -0.4 is 5.32 Å². The molecule has 26 heavy (non-hydrogen) atoms. The van der Waals surface area contributed by atoms with Crippen molar-refractivity contribution >= 4 is 51.7 Å². The molecule has 2 aromatic heterocycles. The average Bonchev–Trinajstić information content (AvgIpc) is 3.28. The highest BCUT2D eigenvalue weighted by Crippen LogP contribution is 2.26. The van der Waals surface area contributed by atoms with Crippen molar-refractivity contribution in [1.82, 2.24) is 4.98 Å². The molecule has 5 nitrogen and oxygen atoms in total. The first-order valence-electron chi connectivity index (χ1n) is 7.40. The van der Waals surface area contributed by atoms with Crippen LogP contribution in [0, 0.1) is 11.3 Å². The van der Waals surface area contributed by atoms with Crippen LogP contribution in [0.4, 0.5) is 5.13 Å². The van der Waals surface area contributed by atoms with E-state index in [2.05, 4.69) is 10.3 Å². The smallest absolute Gasteiger partial charge is 0.268 e. The molecule has 8 heteroatoms. The van der Waals surface area contributed by atoms with Gasteiger partial charge in [0.25, 0.3) is 5.91 Å². The number of carbonyl (C=O) groups excluding carboxylic acids is 1. The number of hydrogen-bond donors (Lipinski definition) is 1. The minimum atomic E-state index is -0.542. The number of halogens is 2. The topological polar surface area (TPSA) is 78.9 Å². The molecule has 0 aliphatic carbocycles. The molecule has 0 radical (unpaired) electrons. The van der Waals surface area contributed by atoms with Gasteiger partial charge in [-0.1, -0.05) is 29.3 Å². The van der Waals surface area contributed by atoms with Gasteiger partial charge in [0, 0.05) is 23.6 Å². The van der Waals surface area contributed by atoms with Gasteiger partial charge in [-0.2, -0.15) is 5.26 Å². The number of rotatable bonds is 5. The first-order valence-corrected chi connectivity index (χ1v) is 8.97. The summed E-state index contributed by atoms with van der Waals surface area (Å²) >= 11 is 13.3. The van der Waals surface area contributed by atoms with E-state index in [1.165, 1.54) is 23.7 Å². The SMILES string of the molecule is N#C/C(=C\c1ccco1)C(=O)Nc1ncc(Cc2ccc(Cl)c(Cl)c2)s1. The van der Waals surface area contributed by atoms with Crippen LogP contribution in [-0.4, -0.2) is 10.9 Å². The van der Waals surface area contributed by atoms with E-state index in [1.54, 1.807) is 30.5 Å². The largest absolute Gasteiger partial charge is 0.465 e. The summed E-state index contributed by atoms with van der Waals surface area (Å²) in [5, 5.41) is 13.2. The zero-order chi connectivity index (χ0) is 18.5. The summed E-state index contributed by atoms with van der Waals surface area (Å²) in [6.45, 7) is 0. The second kappa shape index (κ2) is 8.19. The van der Waals surface area contributed by atoms with Crippen molar-refractivity contribution in [3.63, 3.8) is 0 Å². The Morgan fingerprint density at radius 3 is 2.88 bits per heavy atom. The summed E-state index contributed by atoms with van der Waals surface area (Å²) < 4.78 is 5.11. The van der Waals surface area contributed by atoms with Gasteiger partial charge in [0.1, 0.15) is 17.4 Å². The third-order valence-electron chi connectivity index (χ3n) is 3.33. The van der Waals surface area contributed by atoms with Crippen molar-refractivity contribution in [1.29, 1.82) is 5.26 Å². The first-order chi connectivity index (χ1) is 12.5. The number of carbonyl (C=O) groups is 1. The predicted octanol–water partition coefficient (Wildman–Crippen LogP) is 5.18. The maximum atomic E-state index is 12.2. The number of benzene rings is 1. The number of aromatic nitrogens is 1. The van der Waals surface area contributed by atoms with E-state index in [-0.39, 0.29) is 5.57 Å². The van der Waals surface area contributed by atoms with Gasteiger partial charge in [-0.25, -0.2) is 4.98 Å². The Balaban J connectivity index is 1.68. The van der Waals surface area contributed by atoms with Crippen LogP contribution >= 0.6 is 34.5 Å². The van der Waals surface area contributed by atoms with Gasteiger partial charge in [0.15, 0.2) is 5.13 Å². The number of amides is 1. The lowest BCUT2D eigenvalue weighted by atomic mass is 10.1. The Kier molecular flexibility index (Phi) is 5.74. The second-order valence-electron chi connectivity index (χ2n) is 5.20. The number of nitrogens with one attached hydrogen (secondary N) is 1. The zero-order valence-electron chi connectivity index (χ0n) is 13.2. The minimum Gasteiger partial charge on any atom is -0.465 e. The van der Waals surface area contributed by atoms with Crippen LogP contribution in [0.5, 0.6) is 0 Å². The summed E-state index contributed by atoms with van der Waals surface area (Å²) in [5.74, 6) is -0.115. The second-order valence-corrected chi connectivity index (χ2v) is 7.13. The number of anilines is 1. The van der Waals surface area contributed by atoms with Gasteiger partial charge >= 0.3 is 0 Å². The fraction of sp³-hybridized carbons (Fsp3) is 0.0556. The molecule has 0 bridgehead atoms. The molecule has 130 valence electrons. The normalized spacial score (nSPS) is 11.2. The number of nitriles is 1. The molecule has 0 aliphatic rings. The average molecular weight is 404 g/mol. The summed E-state index contributed by atoms with van der Waals surface area (Å²) in [6, 6.07) is 10.6. The highest BCUT2D eigenvalue weighted by Gasteiger charge is 2.13. The number of thiazole rings is 1. The van der Waals surface area contributed by atoms with E-state index in [9.17, 15) is 4.79 Å². The molecule has 0 spiro atoms. The molecule has 0 atom stereocenters. The molecular weight excluding hydrogens is 393 g/mol. The predicted molar refractivity (Wildman–Crippen MR) is 102 cm³/mol. The highest BCUT2D eigenvalue weighted by atomic mass is 35.5. The molecular formula is C18H11Cl2N3O2S.